The predicted molar refractivity (Wildman–Crippen MR) is 78.2 cm³/mol. The van der Waals surface area contributed by atoms with Crippen molar-refractivity contribution in [1.29, 1.82) is 0 Å². The Bertz CT molecular complexity index is 672. The van der Waals surface area contributed by atoms with Gasteiger partial charge in [0, 0.05) is 6.54 Å². The SMILES string of the molecule is Cc1cc(CNC(=O)c2cccc(C)c2F)cc(C)c1F. The molecule has 0 radical (unpaired) electrons. The van der Waals surface area contributed by atoms with Gasteiger partial charge in [0.05, 0.1) is 5.56 Å². The monoisotopic (exact) mass is 289 g/mol. The second-order valence-corrected chi connectivity index (χ2v) is 5.16. The maximum absolute atomic E-state index is 13.8. The zero-order valence-corrected chi connectivity index (χ0v) is 12.3. The first-order valence-electron chi connectivity index (χ1n) is 6.69. The first kappa shape index (κ1) is 15.2. The molecule has 21 heavy (non-hydrogen) atoms. The molecule has 2 aromatic rings. The Morgan fingerprint density at radius 3 is 2.24 bits per heavy atom. The van der Waals surface area contributed by atoms with Crippen molar-refractivity contribution < 1.29 is 13.6 Å². The Balaban J connectivity index is 2.13. The third-order valence-electron chi connectivity index (χ3n) is 3.39. The molecule has 0 bridgehead atoms. The van der Waals surface area contributed by atoms with Crippen LogP contribution in [0.4, 0.5) is 8.78 Å². The summed E-state index contributed by atoms with van der Waals surface area (Å²) in [5, 5.41) is 2.66. The third-order valence-corrected chi connectivity index (χ3v) is 3.39. The number of hydrogen-bond donors (Lipinski definition) is 1. The maximum Gasteiger partial charge on any atom is 0.254 e. The highest BCUT2D eigenvalue weighted by Crippen LogP contribution is 2.15. The zero-order valence-electron chi connectivity index (χ0n) is 12.3. The molecular formula is C17H17F2NO. The van der Waals surface area contributed by atoms with Crippen molar-refractivity contribution in [3.05, 3.63) is 69.8 Å². The van der Waals surface area contributed by atoms with Gasteiger partial charge in [0.25, 0.3) is 5.91 Å². The summed E-state index contributed by atoms with van der Waals surface area (Å²) in [6.07, 6.45) is 0. The molecule has 0 atom stereocenters. The lowest BCUT2D eigenvalue weighted by atomic mass is 10.1. The van der Waals surface area contributed by atoms with Gasteiger partial charge < -0.3 is 5.32 Å². The average molecular weight is 289 g/mol. The molecule has 0 aliphatic heterocycles. The zero-order chi connectivity index (χ0) is 15.6. The normalized spacial score (nSPS) is 10.5. The minimum absolute atomic E-state index is 0.0190. The summed E-state index contributed by atoms with van der Waals surface area (Å²) in [4.78, 5) is 12.0. The molecule has 2 aromatic carbocycles. The highest BCUT2D eigenvalue weighted by molar-refractivity contribution is 5.94. The van der Waals surface area contributed by atoms with Gasteiger partial charge in [-0.3, -0.25) is 4.79 Å². The lowest BCUT2D eigenvalue weighted by molar-refractivity contribution is 0.0946. The molecule has 0 aliphatic carbocycles. The third kappa shape index (κ3) is 3.27. The molecule has 110 valence electrons. The van der Waals surface area contributed by atoms with Gasteiger partial charge in [-0.25, -0.2) is 8.78 Å². The number of carbonyl (C=O) groups is 1. The molecule has 0 heterocycles. The Kier molecular flexibility index (Phi) is 4.36. The second kappa shape index (κ2) is 6.04. The summed E-state index contributed by atoms with van der Waals surface area (Å²) in [5.74, 6) is -1.23. The molecule has 0 saturated carbocycles. The number of rotatable bonds is 3. The largest absolute Gasteiger partial charge is 0.348 e. The number of carbonyl (C=O) groups excluding carboxylic acids is 1. The molecule has 1 amide bonds. The summed E-state index contributed by atoms with van der Waals surface area (Å²) in [7, 11) is 0. The molecule has 2 rings (SSSR count). The Hall–Kier alpha value is -2.23. The Morgan fingerprint density at radius 2 is 1.62 bits per heavy atom. The molecule has 4 heteroatoms. The van der Waals surface area contributed by atoms with E-state index in [2.05, 4.69) is 5.32 Å². The van der Waals surface area contributed by atoms with Crippen LogP contribution < -0.4 is 5.32 Å². The molecule has 0 spiro atoms. The molecule has 0 fully saturated rings. The van der Waals surface area contributed by atoms with E-state index in [1.807, 2.05) is 0 Å². The Labute approximate surface area is 122 Å². The van der Waals surface area contributed by atoms with Gasteiger partial charge in [-0.05, 0) is 49.1 Å². The van der Waals surface area contributed by atoms with Gasteiger partial charge in [-0.15, -0.1) is 0 Å². The maximum atomic E-state index is 13.8. The summed E-state index contributed by atoms with van der Waals surface area (Å²) < 4.78 is 27.4. The van der Waals surface area contributed by atoms with Gasteiger partial charge in [0.2, 0.25) is 0 Å². The number of benzene rings is 2. The quantitative estimate of drug-likeness (QED) is 0.914. The van der Waals surface area contributed by atoms with Crippen molar-refractivity contribution in [2.24, 2.45) is 0 Å². The van der Waals surface area contributed by atoms with E-state index in [0.717, 1.165) is 5.56 Å². The van der Waals surface area contributed by atoms with E-state index in [-0.39, 0.29) is 17.9 Å². The van der Waals surface area contributed by atoms with Crippen molar-refractivity contribution in [2.75, 3.05) is 0 Å². The molecule has 0 aliphatic rings. The van der Waals surface area contributed by atoms with E-state index in [0.29, 0.717) is 16.7 Å². The lowest BCUT2D eigenvalue weighted by Gasteiger charge is -2.10. The van der Waals surface area contributed by atoms with Crippen molar-refractivity contribution in [3.63, 3.8) is 0 Å². The highest BCUT2D eigenvalue weighted by atomic mass is 19.1. The molecular weight excluding hydrogens is 272 g/mol. The molecule has 0 aromatic heterocycles. The van der Waals surface area contributed by atoms with Crippen molar-refractivity contribution in [2.45, 2.75) is 27.3 Å². The smallest absolute Gasteiger partial charge is 0.254 e. The van der Waals surface area contributed by atoms with Crippen molar-refractivity contribution in [3.8, 4) is 0 Å². The van der Waals surface area contributed by atoms with Crippen LogP contribution in [0.15, 0.2) is 30.3 Å². The van der Waals surface area contributed by atoms with Crippen LogP contribution in [0.5, 0.6) is 0 Å². The van der Waals surface area contributed by atoms with E-state index in [9.17, 15) is 13.6 Å². The van der Waals surface area contributed by atoms with E-state index in [4.69, 9.17) is 0 Å². The first-order valence-corrected chi connectivity index (χ1v) is 6.69. The summed E-state index contributed by atoms with van der Waals surface area (Å²) >= 11 is 0. The van der Waals surface area contributed by atoms with Crippen LogP contribution in [0.3, 0.4) is 0 Å². The highest BCUT2D eigenvalue weighted by Gasteiger charge is 2.13. The van der Waals surface area contributed by atoms with Crippen LogP contribution in [0.1, 0.15) is 32.6 Å². The Morgan fingerprint density at radius 1 is 1.00 bits per heavy atom. The summed E-state index contributed by atoms with van der Waals surface area (Å²) in [6.45, 7) is 5.19. The van der Waals surface area contributed by atoms with E-state index < -0.39 is 11.7 Å². The first-order chi connectivity index (χ1) is 9.90. The predicted octanol–water partition coefficient (Wildman–Crippen LogP) is 3.82. The number of halogens is 2. The standard InChI is InChI=1S/C17H17F2NO/c1-10-5-4-6-14(16(10)19)17(21)20-9-13-7-11(2)15(18)12(3)8-13/h4-8H,9H2,1-3H3,(H,20,21). The number of hydrogen-bond acceptors (Lipinski definition) is 1. The molecule has 0 unspecified atom stereocenters. The fraction of sp³-hybridized carbons (Fsp3) is 0.235. The fourth-order valence-electron chi connectivity index (χ4n) is 2.24. The molecule has 0 saturated heterocycles. The second-order valence-electron chi connectivity index (χ2n) is 5.16. The van der Waals surface area contributed by atoms with Crippen LogP contribution in [0.2, 0.25) is 0 Å². The number of amides is 1. The van der Waals surface area contributed by atoms with Crippen LogP contribution in [-0.2, 0) is 6.54 Å². The number of aryl methyl sites for hydroxylation is 3. The van der Waals surface area contributed by atoms with Gasteiger partial charge in [-0.1, -0.05) is 24.3 Å². The average Bonchev–Trinajstić information content (AvgIpc) is 2.45. The van der Waals surface area contributed by atoms with Crippen LogP contribution in [0, 0.1) is 32.4 Å². The fourth-order valence-corrected chi connectivity index (χ4v) is 2.24. The van der Waals surface area contributed by atoms with Gasteiger partial charge in [0.15, 0.2) is 0 Å². The molecule has 1 N–H and O–H groups in total. The van der Waals surface area contributed by atoms with Crippen LogP contribution in [0.25, 0.3) is 0 Å². The molecule has 2 nitrogen and oxygen atoms in total. The van der Waals surface area contributed by atoms with E-state index in [1.54, 1.807) is 45.0 Å². The van der Waals surface area contributed by atoms with Gasteiger partial charge in [-0.2, -0.15) is 0 Å². The topological polar surface area (TPSA) is 29.1 Å². The van der Waals surface area contributed by atoms with Crippen LogP contribution >= 0.6 is 0 Å². The van der Waals surface area contributed by atoms with E-state index >= 15 is 0 Å². The van der Waals surface area contributed by atoms with Crippen molar-refractivity contribution >= 4 is 5.91 Å². The minimum Gasteiger partial charge on any atom is -0.348 e. The number of nitrogens with one attached hydrogen (secondary N) is 1. The van der Waals surface area contributed by atoms with Crippen molar-refractivity contribution in [1.82, 2.24) is 5.32 Å². The summed E-state index contributed by atoms with van der Waals surface area (Å²) in [5.41, 5.74) is 2.29. The van der Waals surface area contributed by atoms with Gasteiger partial charge >= 0.3 is 0 Å². The van der Waals surface area contributed by atoms with Gasteiger partial charge in [0.1, 0.15) is 11.6 Å². The summed E-state index contributed by atoms with van der Waals surface area (Å²) in [6, 6.07) is 8.04. The van der Waals surface area contributed by atoms with E-state index in [1.165, 1.54) is 6.07 Å². The van der Waals surface area contributed by atoms with Crippen LogP contribution in [-0.4, -0.2) is 5.91 Å². The lowest BCUT2D eigenvalue weighted by Crippen LogP contribution is -2.24. The minimum atomic E-state index is -0.513.